The molecule has 3 fully saturated rings. The standard InChI is InChI=1S/C14H24O2S/c15-14(8-11-4-6-16-7-5-11)9-12-2-1-3-13(10-14)17-12/h11-13,15H,1-10H2. The molecule has 0 aliphatic carbocycles. The van der Waals surface area contributed by atoms with Crippen molar-refractivity contribution < 1.29 is 9.84 Å². The van der Waals surface area contributed by atoms with Crippen LogP contribution in [-0.4, -0.2) is 34.4 Å². The summed E-state index contributed by atoms with van der Waals surface area (Å²) in [4.78, 5) is 0. The molecule has 3 aliphatic rings. The number of fused-ring (bicyclic) bond motifs is 2. The van der Waals surface area contributed by atoms with Gasteiger partial charge in [-0.05, 0) is 50.9 Å². The molecule has 0 aromatic heterocycles. The van der Waals surface area contributed by atoms with Gasteiger partial charge in [0.25, 0.3) is 0 Å². The molecule has 0 spiro atoms. The van der Waals surface area contributed by atoms with Crippen molar-refractivity contribution in [3.8, 4) is 0 Å². The first kappa shape index (κ1) is 12.3. The maximum Gasteiger partial charge on any atom is 0.0671 e. The summed E-state index contributed by atoms with van der Waals surface area (Å²) >= 11 is 2.15. The molecule has 0 aromatic rings. The topological polar surface area (TPSA) is 29.5 Å². The molecule has 2 nitrogen and oxygen atoms in total. The van der Waals surface area contributed by atoms with E-state index in [9.17, 15) is 5.11 Å². The van der Waals surface area contributed by atoms with Crippen LogP contribution in [0, 0.1) is 5.92 Å². The SMILES string of the molecule is OC1(CC2CCOCC2)CC2CCCC(C1)S2. The Kier molecular flexibility index (Phi) is 3.69. The highest BCUT2D eigenvalue weighted by Crippen LogP contribution is 2.48. The highest BCUT2D eigenvalue weighted by atomic mass is 32.2. The van der Waals surface area contributed by atoms with Crippen molar-refractivity contribution in [3.05, 3.63) is 0 Å². The van der Waals surface area contributed by atoms with Crippen LogP contribution in [-0.2, 0) is 4.74 Å². The van der Waals surface area contributed by atoms with Gasteiger partial charge in [0.05, 0.1) is 5.60 Å². The average molecular weight is 256 g/mol. The lowest BCUT2D eigenvalue weighted by Crippen LogP contribution is -2.44. The molecule has 0 aromatic carbocycles. The summed E-state index contributed by atoms with van der Waals surface area (Å²) in [6, 6.07) is 0. The molecule has 2 atom stereocenters. The third-order valence-corrected chi connectivity index (χ3v) is 6.24. The van der Waals surface area contributed by atoms with Gasteiger partial charge >= 0.3 is 0 Å². The van der Waals surface area contributed by atoms with Gasteiger partial charge < -0.3 is 9.84 Å². The van der Waals surface area contributed by atoms with E-state index >= 15 is 0 Å². The quantitative estimate of drug-likeness (QED) is 0.823. The Labute approximate surface area is 108 Å². The largest absolute Gasteiger partial charge is 0.390 e. The molecule has 2 unspecified atom stereocenters. The van der Waals surface area contributed by atoms with Gasteiger partial charge in [0.1, 0.15) is 0 Å². The highest BCUT2D eigenvalue weighted by Gasteiger charge is 2.42. The van der Waals surface area contributed by atoms with Gasteiger partial charge in [0.15, 0.2) is 0 Å². The Bertz CT molecular complexity index is 251. The Balaban J connectivity index is 1.60. The fraction of sp³-hybridized carbons (Fsp3) is 1.00. The van der Waals surface area contributed by atoms with E-state index in [0.29, 0.717) is 5.92 Å². The second-order valence-corrected chi connectivity index (χ2v) is 7.81. The molecule has 3 heteroatoms. The first-order valence-corrected chi connectivity index (χ1v) is 8.13. The van der Waals surface area contributed by atoms with E-state index in [2.05, 4.69) is 11.8 Å². The van der Waals surface area contributed by atoms with Gasteiger partial charge in [-0.25, -0.2) is 0 Å². The van der Waals surface area contributed by atoms with Gasteiger partial charge in [-0.3, -0.25) is 0 Å². The molecular formula is C14H24O2S. The minimum absolute atomic E-state index is 0.344. The predicted octanol–water partition coefficient (Wildman–Crippen LogP) is 2.98. The number of aliphatic hydroxyl groups is 1. The summed E-state index contributed by atoms with van der Waals surface area (Å²) in [5, 5.41) is 12.4. The number of rotatable bonds is 2. The summed E-state index contributed by atoms with van der Waals surface area (Å²) in [5.41, 5.74) is -0.344. The molecule has 0 saturated carbocycles. The van der Waals surface area contributed by atoms with Crippen LogP contribution in [0.3, 0.4) is 0 Å². The summed E-state index contributed by atoms with van der Waals surface area (Å²) < 4.78 is 5.41. The third-order valence-electron chi connectivity index (χ3n) is 4.66. The van der Waals surface area contributed by atoms with Gasteiger partial charge in [-0.1, -0.05) is 6.42 Å². The van der Waals surface area contributed by atoms with Gasteiger partial charge in [-0.15, -0.1) is 0 Å². The normalized spacial score (nSPS) is 43.6. The molecule has 2 bridgehead atoms. The van der Waals surface area contributed by atoms with Crippen molar-refractivity contribution in [1.29, 1.82) is 0 Å². The van der Waals surface area contributed by atoms with Crippen molar-refractivity contribution in [2.75, 3.05) is 13.2 Å². The fourth-order valence-electron chi connectivity index (χ4n) is 3.87. The van der Waals surface area contributed by atoms with E-state index in [1.165, 1.54) is 19.3 Å². The van der Waals surface area contributed by atoms with Gasteiger partial charge in [-0.2, -0.15) is 11.8 Å². The minimum atomic E-state index is -0.344. The lowest BCUT2D eigenvalue weighted by atomic mass is 9.77. The second kappa shape index (κ2) is 5.10. The molecule has 3 aliphatic heterocycles. The van der Waals surface area contributed by atoms with Crippen molar-refractivity contribution in [2.45, 2.75) is 67.5 Å². The van der Waals surface area contributed by atoms with Gasteiger partial charge in [0, 0.05) is 23.7 Å². The minimum Gasteiger partial charge on any atom is -0.390 e. The smallest absolute Gasteiger partial charge is 0.0671 e. The predicted molar refractivity (Wildman–Crippen MR) is 71.4 cm³/mol. The zero-order valence-corrected chi connectivity index (χ0v) is 11.4. The Morgan fingerprint density at radius 3 is 2.35 bits per heavy atom. The van der Waals surface area contributed by atoms with Crippen molar-refractivity contribution in [3.63, 3.8) is 0 Å². The maximum absolute atomic E-state index is 10.9. The molecule has 17 heavy (non-hydrogen) atoms. The zero-order chi connectivity index (χ0) is 11.7. The van der Waals surface area contributed by atoms with Crippen LogP contribution >= 0.6 is 11.8 Å². The molecule has 1 N–H and O–H groups in total. The van der Waals surface area contributed by atoms with Crippen LogP contribution in [0.25, 0.3) is 0 Å². The second-order valence-electron chi connectivity index (χ2n) is 6.20. The van der Waals surface area contributed by atoms with E-state index in [0.717, 1.165) is 55.8 Å². The van der Waals surface area contributed by atoms with Crippen LogP contribution in [0.4, 0.5) is 0 Å². The molecule has 3 saturated heterocycles. The Hall–Kier alpha value is 0.270. The van der Waals surface area contributed by atoms with Crippen LogP contribution in [0.1, 0.15) is 51.4 Å². The summed E-state index contributed by atoms with van der Waals surface area (Å²) in [6.07, 6.45) is 9.49. The summed E-state index contributed by atoms with van der Waals surface area (Å²) in [7, 11) is 0. The lowest BCUT2D eigenvalue weighted by molar-refractivity contribution is -0.0296. The molecule has 98 valence electrons. The average Bonchev–Trinajstić information content (AvgIpc) is 2.28. The lowest BCUT2D eigenvalue weighted by Gasteiger charge is -2.45. The number of ether oxygens (including phenoxy) is 1. The zero-order valence-electron chi connectivity index (χ0n) is 10.6. The number of hydrogen-bond acceptors (Lipinski definition) is 3. The van der Waals surface area contributed by atoms with E-state index < -0.39 is 0 Å². The van der Waals surface area contributed by atoms with Crippen LogP contribution in [0.15, 0.2) is 0 Å². The highest BCUT2D eigenvalue weighted by molar-refractivity contribution is 8.00. The maximum atomic E-state index is 10.9. The van der Waals surface area contributed by atoms with Crippen LogP contribution in [0.2, 0.25) is 0 Å². The van der Waals surface area contributed by atoms with E-state index in [4.69, 9.17) is 4.74 Å². The molecule has 3 heterocycles. The van der Waals surface area contributed by atoms with Crippen molar-refractivity contribution in [2.24, 2.45) is 5.92 Å². The monoisotopic (exact) mass is 256 g/mol. The van der Waals surface area contributed by atoms with Crippen LogP contribution < -0.4 is 0 Å². The van der Waals surface area contributed by atoms with Gasteiger partial charge in [0.2, 0.25) is 0 Å². The molecule has 3 rings (SSSR count). The number of hydrogen-bond donors (Lipinski definition) is 1. The van der Waals surface area contributed by atoms with E-state index in [1.807, 2.05) is 0 Å². The summed E-state index contributed by atoms with van der Waals surface area (Å²) in [5.74, 6) is 0.706. The third kappa shape index (κ3) is 2.99. The fourth-order valence-corrected chi connectivity index (χ4v) is 5.83. The molecule has 0 amide bonds. The molecule has 0 radical (unpaired) electrons. The Morgan fingerprint density at radius 1 is 1.06 bits per heavy atom. The van der Waals surface area contributed by atoms with Crippen molar-refractivity contribution in [1.82, 2.24) is 0 Å². The van der Waals surface area contributed by atoms with E-state index in [1.54, 1.807) is 0 Å². The first-order valence-electron chi connectivity index (χ1n) is 7.19. The first-order chi connectivity index (χ1) is 8.23. The van der Waals surface area contributed by atoms with E-state index in [-0.39, 0.29) is 5.60 Å². The summed E-state index contributed by atoms with van der Waals surface area (Å²) in [6.45, 7) is 1.81. The Morgan fingerprint density at radius 2 is 1.71 bits per heavy atom. The van der Waals surface area contributed by atoms with Crippen molar-refractivity contribution >= 4 is 11.8 Å². The number of thioether (sulfide) groups is 1. The molecular weight excluding hydrogens is 232 g/mol. The van der Waals surface area contributed by atoms with Crippen LogP contribution in [0.5, 0.6) is 0 Å².